The molecule has 2 rings (SSSR count). The minimum Gasteiger partial charge on any atom is -0.480 e. The van der Waals surface area contributed by atoms with E-state index in [4.69, 9.17) is 10.4 Å². The lowest BCUT2D eigenvalue weighted by Gasteiger charge is -2.17. The number of anilines is 1. The zero-order valence-corrected chi connectivity index (χ0v) is 9.79. The summed E-state index contributed by atoms with van der Waals surface area (Å²) in [6.07, 6.45) is 1.63. The molecular formula is C13H11N3O2. The highest BCUT2D eigenvalue weighted by Gasteiger charge is 2.11. The van der Waals surface area contributed by atoms with Gasteiger partial charge in [-0.2, -0.15) is 5.26 Å². The summed E-state index contributed by atoms with van der Waals surface area (Å²) >= 11 is 0. The van der Waals surface area contributed by atoms with Gasteiger partial charge < -0.3 is 10.0 Å². The zero-order valence-electron chi connectivity index (χ0n) is 9.79. The lowest BCUT2D eigenvalue weighted by molar-refractivity contribution is -0.135. The van der Waals surface area contributed by atoms with E-state index in [2.05, 4.69) is 11.1 Å². The second kappa shape index (κ2) is 4.72. The summed E-state index contributed by atoms with van der Waals surface area (Å²) in [5, 5.41) is 19.4. The maximum absolute atomic E-state index is 10.7. The van der Waals surface area contributed by atoms with Crippen LogP contribution in [-0.2, 0) is 4.79 Å². The minimum atomic E-state index is -0.923. The van der Waals surface area contributed by atoms with E-state index in [1.807, 2.05) is 12.1 Å². The van der Waals surface area contributed by atoms with Crippen molar-refractivity contribution < 1.29 is 9.90 Å². The Morgan fingerprint density at radius 3 is 2.94 bits per heavy atom. The fourth-order valence-electron chi connectivity index (χ4n) is 1.80. The summed E-state index contributed by atoms with van der Waals surface area (Å²) in [4.78, 5) is 16.5. The third-order valence-corrected chi connectivity index (χ3v) is 2.61. The first-order valence-electron chi connectivity index (χ1n) is 5.33. The van der Waals surface area contributed by atoms with Gasteiger partial charge in [-0.1, -0.05) is 6.07 Å². The van der Waals surface area contributed by atoms with Crippen LogP contribution in [-0.4, -0.2) is 29.7 Å². The van der Waals surface area contributed by atoms with Crippen molar-refractivity contribution in [2.24, 2.45) is 0 Å². The number of pyridine rings is 1. The van der Waals surface area contributed by atoms with Crippen LogP contribution < -0.4 is 4.90 Å². The van der Waals surface area contributed by atoms with Crippen LogP contribution in [0.2, 0.25) is 0 Å². The van der Waals surface area contributed by atoms with Crippen molar-refractivity contribution in [2.75, 3.05) is 18.5 Å². The number of fused-ring (bicyclic) bond motifs is 1. The molecule has 0 unspecified atom stereocenters. The number of carboxylic acids is 1. The molecule has 5 nitrogen and oxygen atoms in total. The number of benzene rings is 1. The average Bonchev–Trinajstić information content (AvgIpc) is 2.36. The van der Waals surface area contributed by atoms with E-state index in [1.165, 1.54) is 0 Å². The van der Waals surface area contributed by atoms with Crippen LogP contribution in [0.5, 0.6) is 0 Å². The standard InChI is InChI=1S/C13H11N3O2/c1-16(8-12(17)18)13-11-6-9(7-14)2-3-10(11)4-5-15-13/h2-6H,8H2,1H3,(H,17,18). The fraction of sp³-hybridized carbons (Fsp3) is 0.154. The van der Waals surface area contributed by atoms with Crippen molar-refractivity contribution in [3.63, 3.8) is 0 Å². The molecule has 1 aromatic heterocycles. The topological polar surface area (TPSA) is 77.2 Å². The van der Waals surface area contributed by atoms with Gasteiger partial charge in [0.15, 0.2) is 0 Å². The predicted octanol–water partition coefficient (Wildman–Crippen LogP) is 1.63. The Hall–Kier alpha value is -2.61. The van der Waals surface area contributed by atoms with E-state index in [0.717, 1.165) is 10.8 Å². The third-order valence-electron chi connectivity index (χ3n) is 2.61. The molecule has 0 fully saturated rings. The van der Waals surface area contributed by atoms with Crippen LogP contribution in [0.4, 0.5) is 5.82 Å². The summed E-state index contributed by atoms with van der Waals surface area (Å²) in [5.41, 5.74) is 0.528. The molecule has 1 aromatic carbocycles. The molecule has 0 bridgehead atoms. The molecular weight excluding hydrogens is 230 g/mol. The van der Waals surface area contributed by atoms with Crippen LogP contribution in [0, 0.1) is 11.3 Å². The van der Waals surface area contributed by atoms with Gasteiger partial charge >= 0.3 is 5.97 Å². The van der Waals surface area contributed by atoms with E-state index >= 15 is 0 Å². The molecule has 0 aliphatic carbocycles. The number of aliphatic carboxylic acids is 1. The maximum atomic E-state index is 10.7. The first-order valence-corrected chi connectivity index (χ1v) is 5.33. The molecule has 0 aliphatic rings. The number of likely N-dealkylation sites (N-methyl/N-ethyl adjacent to an activating group) is 1. The molecule has 0 spiro atoms. The van der Waals surface area contributed by atoms with Crippen LogP contribution in [0.3, 0.4) is 0 Å². The lowest BCUT2D eigenvalue weighted by atomic mass is 10.1. The number of nitriles is 1. The van der Waals surface area contributed by atoms with E-state index in [9.17, 15) is 4.79 Å². The molecule has 1 N–H and O–H groups in total. The zero-order chi connectivity index (χ0) is 13.1. The maximum Gasteiger partial charge on any atom is 0.323 e. The molecule has 0 amide bonds. The first-order chi connectivity index (χ1) is 8.61. The molecule has 1 heterocycles. The summed E-state index contributed by atoms with van der Waals surface area (Å²) in [6, 6.07) is 9.16. The number of hydrogen-bond donors (Lipinski definition) is 1. The Balaban J connectivity index is 2.56. The van der Waals surface area contributed by atoms with Crippen molar-refractivity contribution in [3.05, 3.63) is 36.0 Å². The predicted molar refractivity (Wildman–Crippen MR) is 67.4 cm³/mol. The van der Waals surface area contributed by atoms with E-state index in [1.54, 1.807) is 30.3 Å². The molecule has 18 heavy (non-hydrogen) atoms. The second-order valence-electron chi connectivity index (χ2n) is 3.93. The Kier molecular flexibility index (Phi) is 3.11. The number of nitrogens with zero attached hydrogens (tertiary/aromatic N) is 3. The summed E-state index contributed by atoms with van der Waals surface area (Å²) < 4.78 is 0. The number of hydrogen-bond acceptors (Lipinski definition) is 4. The Labute approximate surface area is 104 Å². The Bertz CT molecular complexity index is 646. The number of carbonyl (C=O) groups is 1. The molecule has 0 saturated carbocycles. The number of aromatic nitrogens is 1. The van der Waals surface area contributed by atoms with Gasteiger partial charge in [-0.3, -0.25) is 4.79 Å². The second-order valence-corrected chi connectivity index (χ2v) is 3.93. The van der Waals surface area contributed by atoms with E-state index in [-0.39, 0.29) is 6.54 Å². The van der Waals surface area contributed by atoms with Crippen LogP contribution in [0.15, 0.2) is 30.5 Å². The van der Waals surface area contributed by atoms with Gasteiger partial charge in [0, 0.05) is 18.6 Å². The third kappa shape index (κ3) is 2.23. The van der Waals surface area contributed by atoms with E-state index < -0.39 is 5.97 Å². The van der Waals surface area contributed by atoms with Gasteiger partial charge in [0.2, 0.25) is 0 Å². The van der Waals surface area contributed by atoms with Gasteiger partial charge in [-0.25, -0.2) is 4.98 Å². The van der Waals surface area contributed by atoms with Crippen molar-refractivity contribution >= 4 is 22.6 Å². The molecule has 2 aromatic rings. The Morgan fingerprint density at radius 1 is 1.50 bits per heavy atom. The number of rotatable bonds is 3. The van der Waals surface area contributed by atoms with Crippen molar-refractivity contribution in [2.45, 2.75) is 0 Å². The van der Waals surface area contributed by atoms with Crippen molar-refractivity contribution in [1.82, 2.24) is 4.98 Å². The summed E-state index contributed by atoms with van der Waals surface area (Å²) in [5.74, 6) is -0.361. The van der Waals surface area contributed by atoms with Gasteiger partial charge in [-0.05, 0) is 23.6 Å². The highest BCUT2D eigenvalue weighted by molar-refractivity contribution is 5.93. The molecule has 0 radical (unpaired) electrons. The van der Waals surface area contributed by atoms with Gasteiger partial charge in [0.25, 0.3) is 0 Å². The monoisotopic (exact) mass is 241 g/mol. The number of carboxylic acid groups (broad SMARTS) is 1. The van der Waals surface area contributed by atoms with Crippen molar-refractivity contribution in [3.8, 4) is 6.07 Å². The average molecular weight is 241 g/mol. The summed E-state index contributed by atoms with van der Waals surface area (Å²) in [7, 11) is 1.66. The molecule has 5 heteroatoms. The summed E-state index contributed by atoms with van der Waals surface area (Å²) in [6.45, 7) is -0.136. The highest BCUT2D eigenvalue weighted by atomic mass is 16.4. The van der Waals surface area contributed by atoms with Gasteiger partial charge in [0.1, 0.15) is 12.4 Å². The molecule has 0 saturated heterocycles. The van der Waals surface area contributed by atoms with Crippen LogP contribution in [0.1, 0.15) is 5.56 Å². The lowest BCUT2D eigenvalue weighted by Crippen LogP contribution is -2.26. The van der Waals surface area contributed by atoms with E-state index in [0.29, 0.717) is 11.4 Å². The largest absolute Gasteiger partial charge is 0.480 e. The minimum absolute atomic E-state index is 0.136. The molecule has 90 valence electrons. The molecule has 0 atom stereocenters. The smallest absolute Gasteiger partial charge is 0.323 e. The SMILES string of the molecule is CN(CC(=O)O)c1nccc2ccc(C#N)cc12. The highest BCUT2D eigenvalue weighted by Crippen LogP contribution is 2.24. The first kappa shape index (κ1) is 11.9. The normalized spacial score (nSPS) is 10.0. The fourth-order valence-corrected chi connectivity index (χ4v) is 1.80. The van der Waals surface area contributed by atoms with Crippen molar-refractivity contribution in [1.29, 1.82) is 5.26 Å². The Morgan fingerprint density at radius 2 is 2.28 bits per heavy atom. The quantitative estimate of drug-likeness (QED) is 0.883. The molecule has 0 aliphatic heterocycles. The van der Waals surface area contributed by atoms with Gasteiger partial charge in [-0.15, -0.1) is 0 Å². The van der Waals surface area contributed by atoms with Gasteiger partial charge in [0.05, 0.1) is 11.6 Å². The van der Waals surface area contributed by atoms with Crippen LogP contribution in [0.25, 0.3) is 10.8 Å². The van der Waals surface area contributed by atoms with Crippen LogP contribution >= 0.6 is 0 Å².